The molecule has 1 unspecified atom stereocenters. The molecule has 2 heterocycles. The lowest BCUT2D eigenvalue weighted by Gasteiger charge is -2.26. The zero-order chi connectivity index (χ0) is 16.9. The number of aliphatic hydroxyl groups is 1. The molecule has 0 aliphatic heterocycles. The molecule has 2 N–H and O–H groups in total. The molecule has 0 fully saturated rings. The first-order chi connectivity index (χ1) is 11.7. The molecule has 3 rings (SSSR count). The SMILES string of the molecule is CN(C)c1ncc2c(n1)CCCC2NCc1cc(C#CCO)cs1. The lowest BCUT2D eigenvalue weighted by Crippen LogP contribution is -2.26. The van der Waals surface area contributed by atoms with Crippen molar-refractivity contribution in [2.75, 3.05) is 25.6 Å². The van der Waals surface area contributed by atoms with E-state index in [1.165, 1.54) is 10.4 Å². The van der Waals surface area contributed by atoms with Crippen molar-refractivity contribution in [3.8, 4) is 11.8 Å². The van der Waals surface area contributed by atoms with Crippen LogP contribution in [0.2, 0.25) is 0 Å². The molecule has 0 spiro atoms. The average molecular weight is 342 g/mol. The van der Waals surface area contributed by atoms with E-state index in [0.29, 0.717) is 6.04 Å². The Morgan fingerprint density at radius 1 is 1.46 bits per heavy atom. The van der Waals surface area contributed by atoms with Crippen molar-refractivity contribution in [1.82, 2.24) is 15.3 Å². The first-order valence-corrected chi connectivity index (χ1v) is 8.99. The van der Waals surface area contributed by atoms with E-state index < -0.39 is 0 Å². The van der Waals surface area contributed by atoms with Crippen molar-refractivity contribution in [2.45, 2.75) is 31.8 Å². The van der Waals surface area contributed by atoms with Gasteiger partial charge < -0.3 is 15.3 Å². The molecule has 1 aliphatic rings. The van der Waals surface area contributed by atoms with Gasteiger partial charge in [-0.15, -0.1) is 11.3 Å². The van der Waals surface area contributed by atoms with Gasteiger partial charge in [0.1, 0.15) is 6.61 Å². The van der Waals surface area contributed by atoms with Crippen LogP contribution < -0.4 is 10.2 Å². The quantitative estimate of drug-likeness (QED) is 0.834. The molecule has 1 aliphatic carbocycles. The summed E-state index contributed by atoms with van der Waals surface area (Å²) in [6.07, 6.45) is 5.25. The fraction of sp³-hybridized carbons (Fsp3) is 0.444. The second-order valence-corrected chi connectivity index (χ2v) is 7.05. The van der Waals surface area contributed by atoms with E-state index in [1.807, 2.05) is 30.6 Å². The highest BCUT2D eigenvalue weighted by Crippen LogP contribution is 2.29. The van der Waals surface area contributed by atoms with Gasteiger partial charge in [0.2, 0.25) is 5.95 Å². The van der Waals surface area contributed by atoms with Crippen LogP contribution in [0.25, 0.3) is 0 Å². The molecular formula is C18H22N4OS. The van der Waals surface area contributed by atoms with E-state index in [9.17, 15) is 0 Å². The fourth-order valence-corrected chi connectivity index (χ4v) is 3.64. The first-order valence-electron chi connectivity index (χ1n) is 8.11. The molecular weight excluding hydrogens is 320 g/mol. The van der Waals surface area contributed by atoms with Gasteiger partial charge in [0.05, 0.1) is 5.69 Å². The monoisotopic (exact) mass is 342 g/mol. The van der Waals surface area contributed by atoms with Crippen molar-refractivity contribution < 1.29 is 5.11 Å². The Hall–Kier alpha value is -1.94. The van der Waals surface area contributed by atoms with Crippen molar-refractivity contribution in [3.63, 3.8) is 0 Å². The lowest BCUT2D eigenvalue weighted by atomic mass is 9.92. The smallest absolute Gasteiger partial charge is 0.225 e. The van der Waals surface area contributed by atoms with Crippen LogP contribution in [0, 0.1) is 11.8 Å². The van der Waals surface area contributed by atoms with Crippen molar-refractivity contribution in [2.24, 2.45) is 0 Å². The largest absolute Gasteiger partial charge is 0.384 e. The van der Waals surface area contributed by atoms with Crippen LogP contribution in [-0.4, -0.2) is 35.8 Å². The minimum absolute atomic E-state index is 0.1000. The minimum Gasteiger partial charge on any atom is -0.384 e. The van der Waals surface area contributed by atoms with Gasteiger partial charge in [-0.3, -0.25) is 0 Å². The Bertz CT molecular complexity index is 760. The van der Waals surface area contributed by atoms with E-state index in [1.54, 1.807) is 11.3 Å². The van der Waals surface area contributed by atoms with Gasteiger partial charge in [-0.05, 0) is 25.3 Å². The predicted molar refractivity (Wildman–Crippen MR) is 97.2 cm³/mol. The van der Waals surface area contributed by atoms with Gasteiger partial charge in [0.15, 0.2) is 0 Å². The molecule has 6 heteroatoms. The molecule has 0 amide bonds. The summed E-state index contributed by atoms with van der Waals surface area (Å²) in [5.41, 5.74) is 3.36. The molecule has 24 heavy (non-hydrogen) atoms. The third kappa shape index (κ3) is 3.93. The second-order valence-electron chi connectivity index (χ2n) is 6.05. The normalized spacial score (nSPS) is 16.2. The molecule has 0 saturated heterocycles. The molecule has 0 aromatic carbocycles. The highest BCUT2D eigenvalue weighted by molar-refractivity contribution is 7.10. The summed E-state index contributed by atoms with van der Waals surface area (Å²) in [7, 11) is 3.93. The van der Waals surface area contributed by atoms with Crippen molar-refractivity contribution in [1.29, 1.82) is 0 Å². The van der Waals surface area contributed by atoms with Gasteiger partial charge in [-0.1, -0.05) is 11.8 Å². The summed E-state index contributed by atoms with van der Waals surface area (Å²) in [5.74, 6) is 6.40. The Balaban J connectivity index is 1.68. The molecule has 0 saturated carbocycles. The van der Waals surface area contributed by atoms with Crippen molar-refractivity contribution in [3.05, 3.63) is 39.3 Å². The van der Waals surface area contributed by atoms with Crippen LogP contribution in [0.5, 0.6) is 0 Å². The van der Waals surface area contributed by atoms with Gasteiger partial charge >= 0.3 is 0 Å². The Kier molecular flexibility index (Phi) is 5.46. The van der Waals surface area contributed by atoms with Crippen LogP contribution in [0.4, 0.5) is 5.95 Å². The summed E-state index contributed by atoms with van der Waals surface area (Å²) >= 11 is 1.69. The molecule has 5 nitrogen and oxygen atoms in total. The summed E-state index contributed by atoms with van der Waals surface area (Å²) in [4.78, 5) is 12.3. The van der Waals surface area contributed by atoms with E-state index in [0.717, 1.165) is 43.0 Å². The number of fused-ring (bicyclic) bond motifs is 1. The van der Waals surface area contributed by atoms with Crippen LogP contribution in [0.3, 0.4) is 0 Å². The number of thiophene rings is 1. The number of aliphatic hydroxyl groups excluding tert-OH is 1. The number of rotatable bonds is 4. The zero-order valence-electron chi connectivity index (χ0n) is 14.0. The van der Waals surface area contributed by atoms with Gasteiger partial charge in [0, 0.05) is 54.3 Å². The summed E-state index contributed by atoms with van der Waals surface area (Å²) in [6.45, 7) is 0.711. The third-order valence-corrected chi connectivity index (χ3v) is 4.99. The van der Waals surface area contributed by atoms with Crippen LogP contribution in [0.1, 0.15) is 40.6 Å². The number of hydrogen-bond acceptors (Lipinski definition) is 6. The number of hydrogen-bond donors (Lipinski definition) is 2. The highest BCUT2D eigenvalue weighted by atomic mass is 32.1. The summed E-state index contributed by atoms with van der Waals surface area (Å²) in [6, 6.07) is 2.38. The Morgan fingerprint density at radius 2 is 2.33 bits per heavy atom. The summed E-state index contributed by atoms with van der Waals surface area (Å²) in [5, 5.41) is 14.4. The van der Waals surface area contributed by atoms with E-state index in [2.05, 4.69) is 28.2 Å². The molecule has 0 radical (unpaired) electrons. The van der Waals surface area contributed by atoms with Gasteiger partial charge in [-0.2, -0.15) is 0 Å². The van der Waals surface area contributed by atoms with Crippen molar-refractivity contribution >= 4 is 17.3 Å². The number of aryl methyl sites for hydroxylation is 1. The first kappa shape index (κ1) is 16.9. The van der Waals surface area contributed by atoms with Crippen LogP contribution in [0.15, 0.2) is 17.6 Å². The minimum atomic E-state index is -0.1000. The molecule has 2 aromatic heterocycles. The Morgan fingerprint density at radius 3 is 3.12 bits per heavy atom. The highest BCUT2D eigenvalue weighted by Gasteiger charge is 2.22. The molecule has 126 valence electrons. The maximum absolute atomic E-state index is 8.76. The third-order valence-electron chi connectivity index (χ3n) is 4.06. The number of aromatic nitrogens is 2. The number of anilines is 1. The van der Waals surface area contributed by atoms with Gasteiger partial charge in [0.25, 0.3) is 0 Å². The maximum atomic E-state index is 8.76. The standard InChI is InChI=1S/C18H22N4OS/c1-22(2)18-20-11-15-16(6-3-7-17(15)21-18)19-10-14-9-13(12-24-14)5-4-8-23/h9,11-12,16,19,23H,3,6-8,10H2,1-2H3. The fourth-order valence-electron chi connectivity index (χ4n) is 2.87. The molecule has 0 bridgehead atoms. The zero-order valence-corrected chi connectivity index (χ0v) is 14.9. The van der Waals surface area contributed by atoms with E-state index in [4.69, 9.17) is 10.1 Å². The topological polar surface area (TPSA) is 61.3 Å². The average Bonchev–Trinajstić information content (AvgIpc) is 3.05. The predicted octanol–water partition coefficient (Wildman–Crippen LogP) is 2.12. The maximum Gasteiger partial charge on any atom is 0.225 e. The second kappa shape index (κ2) is 7.75. The molecule has 1 atom stereocenters. The molecule has 2 aromatic rings. The summed E-state index contributed by atoms with van der Waals surface area (Å²) < 4.78 is 0. The number of nitrogens with one attached hydrogen (secondary N) is 1. The Labute approximate surface area is 146 Å². The van der Waals surface area contributed by atoms with Crippen LogP contribution in [-0.2, 0) is 13.0 Å². The van der Waals surface area contributed by atoms with Gasteiger partial charge in [-0.25, -0.2) is 9.97 Å². The van der Waals surface area contributed by atoms with Crippen LogP contribution >= 0.6 is 11.3 Å². The number of nitrogens with zero attached hydrogens (tertiary/aromatic N) is 3. The van der Waals surface area contributed by atoms with E-state index in [-0.39, 0.29) is 6.61 Å². The van der Waals surface area contributed by atoms with E-state index >= 15 is 0 Å². The lowest BCUT2D eigenvalue weighted by molar-refractivity contribution is 0.350.